The van der Waals surface area contributed by atoms with E-state index in [0.29, 0.717) is 0 Å². The van der Waals surface area contributed by atoms with Crippen LogP contribution in [-0.4, -0.2) is 32.3 Å². The van der Waals surface area contributed by atoms with E-state index in [1.165, 1.54) is 41.7 Å². The largest absolute Gasteiger partial charge is 0.495 e. The first-order valence-corrected chi connectivity index (χ1v) is 11.6. The molecule has 168 valence electrons. The minimum Gasteiger partial charge on any atom is -0.495 e. The van der Waals surface area contributed by atoms with Crippen LogP contribution in [0, 0.1) is 5.82 Å². The molecule has 0 atom stereocenters. The van der Waals surface area contributed by atoms with Gasteiger partial charge in [0.25, 0.3) is 5.91 Å². The molecule has 0 aliphatic rings. The van der Waals surface area contributed by atoms with Crippen molar-refractivity contribution >= 4 is 33.2 Å². The molecule has 0 aliphatic carbocycles. The van der Waals surface area contributed by atoms with Gasteiger partial charge in [0.05, 0.1) is 12.8 Å². The maximum absolute atomic E-state index is 14.1. The molecule has 1 N–H and O–H groups in total. The van der Waals surface area contributed by atoms with Crippen LogP contribution in [0.5, 0.6) is 5.75 Å². The average Bonchev–Trinajstić information content (AvgIpc) is 2.79. The highest BCUT2D eigenvalue weighted by atomic mass is 35.5. The number of sulfonamides is 1. The molecule has 0 radical (unpaired) electrons. The summed E-state index contributed by atoms with van der Waals surface area (Å²) in [5.41, 5.74) is 0.789. The van der Waals surface area contributed by atoms with Crippen molar-refractivity contribution in [2.45, 2.75) is 18.4 Å². The summed E-state index contributed by atoms with van der Waals surface area (Å²) in [6.07, 6.45) is 0. The minimum absolute atomic E-state index is 0.0366. The van der Waals surface area contributed by atoms with Gasteiger partial charge >= 0.3 is 0 Å². The molecule has 3 aromatic carbocycles. The van der Waals surface area contributed by atoms with E-state index in [2.05, 4.69) is 5.32 Å². The van der Waals surface area contributed by atoms with Gasteiger partial charge in [0, 0.05) is 23.7 Å². The van der Waals surface area contributed by atoms with Gasteiger partial charge in [0.1, 0.15) is 16.5 Å². The standard InChI is InChI=1S/C23H22ClFN2O4S/c1-3-27(15-16-7-5-4-6-8-16)32(29,30)22-13-17(9-12-21(22)31-2)23(28)26-20-11-10-18(24)14-19(20)25/h4-14H,3,15H2,1-2H3,(H,26,28). The third-order valence-corrected chi connectivity index (χ3v) is 6.95. The molecule has 0 aliphatic heterocycles. The zero-order chi connectivity index (χ0) is 23.3. The molecule has 9 heteroatoms. The molecule has 1 amide bonds. The molecule has 0 heterocycles. The van der Waals surface area contributed by atoms with Crippen LogP contribution in [0.2, 0.25) is 5.02 Å². The van der Waals surface area contributed by atoms with E-state index in [1.807, 2.05) is 30.3 Å². The number of carbonyl (C=O) groups is 1. The van der Waals surface area contributed by atoms with Crippen molar-refractivity contribution in [1.82, 2.24) is 4.31 Å². The van der Waals surface area contributed by atoms with E-state index < -0.39 is 21.7 Å². The van der Waals surface area contributed by atoms with Crippen molar-refractivity contribution in [3.8, 4) is 5.75 Å². The van der Waals surface area contributed by atoms with Gasteiger partial charge in [-0.25, -0.2) is 12.8 Å². The number of carbonyl (C=O) groups excluding carboxylic acids is 1. The smallest absolute Gasteiger partial charge is 0.255 e. The van der Waals surface area contributed by atoms with Gasteiger partial charge in [-0.15, -0.1) is 0 Å². The number of amides is 1. The van der Waals surface area contributed by atoms with E-state index in [1.54, 1.807) is 6.92 Å². The lowest BCUT2D eigenvalue weighted by atomic mass is 10.2. The second kappa shape index (κ2) is 10.1. The highest BCUT2D eigenvalue weighted by Crippen LogP contribution is 2.29. The van der Waals surface area contributed by atoms with Gasteiger partial charge in [-0.05, 0) is 42.0 Å². The summed E-state index contributed by atoms with van der Waals surface area (Å²) >= 11 is 5.74. The number of nitrogens with one attached hydrogen (secondary N) is 1. The highest BCUT2D eigenvalue weighted by molar-refractivity contribution is 7.89. The average molecular weight is 477 g/mol. The zero-order valence-electron chi connectivity index (χ0n) is 17.5. The number of hydrogen-bond donors (Lipinski definition) is 1. The fourth-order valence-electron chi connectivity index (χ4n) is 3.10. The lowest BCUT2D eigenvalue weighted by Gasteiger charge is -2.22. The molecular formula is C23H22ClFN2O4S. The lowest BCUT2D eigenvalue weighted by Crippen LogP contribution is -2.31. The van der Waals surface area contributed by atoms with Gasteiger partial charge < -0.3 is 10.1 Å². The molecule has 32 heavy (non-hydrogen) atoms. The highest BCUT2D eigenvalue weighted by Gasteiger charge is 2.28. The number of rotatable bonds is 8. The first kappa shape index (κ1) is 23.7. The lowest BCUT2D eigenvalue weighted by molar-refractivity contribution is 0.102. The summed E-state index contributed by atoms with van der Waals surface area (Å²) in [6.45, 7) is 2.11. The summed E-state index contributed by atoms with van der Waals surface area (Å²) in [7, 11) is -2.65. The molecule has 0 spiro atoms. The predicted molar refractivity (Wildman–Crippen MR) is 122 cm³/mol. The third kappa shape index (κ3) is 5.27. The van der Waals surface area contributed by atoms with Gasteiger partial charge in [0.15, 0.2) is 0 Å². The van der Waals surface area contributed by atoms with Crippen LogP contribution in [0.4, 0.5) is 10.1 Å². The first-order valence-electron chi connectivity index (χ1n) is 9.74. The van der Waals surface area contributed by atoms with Crippen LogP contribution in [0.3, 0.4) is 0 Å². The monoisotopic (exact) mass is 476 g/mol. The summed E-state index contributed by atoms with van der Waals surface area (Å²) in [6, 6.07) is 17.1. The van der Waals surface area contributed by atoms with Crippen molar-refractivity contribution < 1.29 is 22.3 Å². The van der Waals surface area contributed by atoms with Crippen molar-refractivity contribution in [2.24, 2.45) is 0 Å². The number of methoxy groups -OCH3 is 1. The van der Waals surface area contributed by atoms with Crippen molar-refractivity contribution in [1.29, 1.82) is 0 Å². The van der Waals surface area contributed by atoms with E-state index in [4.69, 9.17) is 16.3 Å². The molecule has 0 unspecified atom stereocenters. The van der Waals surface area contributed by atoms with Crippen molar-refractivity contribution in [3.05, 3.63) is 88.7 Å². The quantitative estimate of drug-likeness (QED) is 0.499. The molecule has 6 nitrogen and oxygen atoms in total. The number of benzene rings is 3. The molecule has 0 aromatic heterocycles. The molecule has 3 aromatic rings. The third-order valence-electron chi connectivity index (χ3n) is 4.78. The zero-order valence-corrected chi connectivity index (χ0v) is 19.1. The normalized spacial score (nSPS) is 11.4. The molecule has 0 saturated heterocycles. The number of halogens is 2. The summed E-state index contributed by atoms with van der Waals surface area (Å²) < 4.78 is 47.4. The van der Waals surface area contributed by atoms with Crippen LogP contribution in [0.25, 0.3) is 0 Å². The van der Waals surface area contributed by atoms with Gasteiger partial charge in [0.2, 0.25) is 10.0 Å². The Labute approximate surface area is 191 Å². The Bertz CT molecular complexity index is 1220. The molecular weight excluding hydrogens is 455 g/mol. The number of anilines is 1. The maximum atomic E-state index is 14.1. The van der Waals surface area contributed by atoms with E-state index in [0.717, 1.165) is 11.6 Å². The molecule has 0 fully saturated rings. The van der Waals surface area contributed by atoms with Crippen LogP contribution in [0.15, 0.2) is 71.6 Å². The van der Waals surface area contributed by atoms with Crippen LogP contribution in [0.1, 0.15) is 22.8 Å². The van der Waals surface area contributed by atoms with Crippen LogP contribution < -0.4 is 10.1 Å². The Kier molecular flexibility index (Phi) is 7.50. The fourth-order valence-corrected chi connectivity index (χ4v) is 4.88. The van der Waals surface area contributed by atoms with E-state index in [-0.39, 0.29) is 40.0 Å². The number of ether oxygens (including phenoxy) is 1. The Morgan fingerprint density at radius 3 is 2.44 bits per heavy atom. The number of nitrogens with zero attached hydrogens (tertiary/aromatic N) is 1. The maximum Gasteiger partial charge on any atom is 0.255 e. The summed E-state index contributed by atoms with van der Waals surface area (Å²) in [5.74, 6) is -1.27. The van der Waals surface area contributed by atoms with Crippen LogP contribution in [-0.2, 0) is 16.6 Å². The van der Waals surface area contributed by atoms with Crippen molar-refractivity contribution in [2.75, 3.05) is 19.0 Å². The second-order valence-corrected chi connectivity index (χ2v) is 9.20. The predicted octanol–water partition coefficient (Wildman–Crippen LogP) is 4.95. The Balaban J connectivity index is 1.94. The van der Waals surface area contributed by atoms with Crippen molar-refractivity contribution in [3.63, 3.8) is 0 Å². The second-order valence-electron chi connectivity index (χ2n) is 6.86. The first-order chi connectivity index (χ1) is 15.3. The summed E-state index contributed by atoms with van der Waals surface area (Å²) in [4.78, 5) is 12.5. The van der Waals surface area contributed by atoms with E-state index >= 15 is 0 Å². The van der Waals surface area contributed by atoms with Gasteiger partial charge in [-0.3, -0.25) is 4.79 Å². The van der Waals surface area contributed by atoms with Gasteiger partial charge in [-0.2, -0.15) is 4.31 Å². The Hall–Kier alpha value is -2.94. The van der Waals surface area contributed by atoms with Gasteiger partial charge in [-0.1, -0.05) is 48.9 Å². The Morgan fingerprint density at radius 1 is 1.09 bits per heavy atom. The molecule has 3 rings (SSSR count). The fraction of sp³-hybridized carbons (Fsp3) is 0.174. The minimum atomic E-state index is -4.00. The van der Waals surface area contributed by atoms with Crippen LogP contribution >= 0.6 is 11.6 Å². The summed E-state index contributed by atoms with van der Waals surface area (Å²) in [5, 5.41) is 2.62. The van der Waals surface area contributed by atoms with E-state index in [9.17, 15) is 17.6 Å². The topological polar surface area (TPSA) is 75.7 Å². The number of hydrogen-bond acceptors (Lipinski definition) is 4. The SMILES string of the molecule is CCN(Cc1ccccc1)S(=O)(=O)c1cc(C(=O)Nc2ccc(Cl)cc2F)ccc1OC. The Morgan fingerprint density at radius 2 is 1.81 bits per heavy atom. The molecule has 0 bridgehead atoms. The molecule has 0 saturated carbocycles.